The van der Waals surface area contributed by atoms with E-state index in [1.165, 1.54) is 31.2 Å². The van der Waals surface area contributed by atoms with Crippen LogP contribution in [0.1, 0.15) is 5.56 Å². The highest BCUT2D eigenvalue weighted by Gasteiger charge is 2.21. The van der Waals surface area contributed by atoms with Crippen LogP contribution in [0.3, 0.4) is 0 Å². The minimum absolute atomic E-state index is 0.0264. The molecule has 2 aromatic rings. The third-order valence-electron chi connectivity index (χ3n) is 2.92. The number of aryl methyl sites for hydroxylation is 1. The molecule has 21 heavy (non-hydrogen) atoms. The second-order valence-electron chi connectivity index (χ2n) is 4.28. The number of para-hydroxylation sites is 1. The zero-order valence-electron chi connectivity index (χ0n) is 11.0. The monoisotopic (exact) mass is 294 g/mol. The van der Waals surface area contributed by atoms with Crippen LogP contribution in [-0.2, 0) is 0 Å². The van der Waals surface area contributed by atoms with Crippen LogP contribution in [0.4, 0.5) is 31.5 Å². The van der Waals surface area contributed by atoms with Crippen molar-refractivity contribution in [2.45, 2.75) is 6.92 Å². The van der Waals surface area contributed by atoms with Gasteiger partial charge in [0.1, 0.15) is 22.9 Å². The van der Waals surface area contributed by atoms with Gasteiger partial charge in [-0.2, -0.15) is 0 Å². The van der Waals surface area contributed by atoms with Gasteiger partial charge < -0.3 is 10.7 Å². The zero-order chi connectivity index (χ0) is 15.6. The van der Waals surface area contributed by atoms with Crippen LogP contribution in [0.15, 0.2) is 30.3 Å². The second-order valence-corrected chi connectivity index (χ2v) is 4.28. The first kappa shape index (κ1) is 14.7. The molecule has 0 saturated heterocycles. The van der Waals surface area contributed by atoms with Crippen molar-refractivity contribution in [3.8, 4) is 0 Å². The van der Waals surface area contributed by atoms with Gasteiger partial charge in [0.15, 0.2) is 5.82 Å². The number of nitrogens with one attached hydrogen (secondary N) is 2. The van der Waals surface area contributed by atoms with Crippen molar-refractivity contribution in [2.75, 3.05) is 10.7 Å². The molecule has 0 unspecified atom stereocenters. The Balaban J connectivity index is 2.55. The summed E-state index contributed by atoms with van der Waals surface area (Å²) >= 11 is 0. The van der Waals surface area contributed by atoms with Gasteiger partial charge in [0.2, 0.25) is 0 Å². The molecule has 0 heterocycles. The van der Waals surface area contributed by atoms with Gasteiger partial charge in [0.25, 0.3) is 0 Å². The first-order chi connectivity index (χ1) is 9.95. The first-order valence-corrected chi connectivity index (χ1v) is 5.91. The number of hydrogen-bond donors (Lipinski definition) is 3. The van der Waals surface area contributed by atoms with Gasteiger partial charge in [0, 0.05) is 0 Å². The van der Waals surface area contributed by atoms with Crippen LogP contribution in [0.2, 0.25) is 0 Å². The van der Waals surface area contributed by atoms with Crippen molar-refractivity contribution in [1.29, 1.82) is 0 Å². The Kier molecular flexibility index (Phi) is 3.99. The molecule has 0 radical (unpaired) electrons. The van der Waals surface area contributed by atoms with Crippen molar-refractivity contribution < 1.29 is 13.7 Å². The number of nitro groups is 1. The molecule has 0 bridgehead atoms. The molecule has 0 aliphatic rings. The van der Waals surface area contributed by atoms with Crippen molar-refractivity contribution in [2.24, 2.45) is 5.84 Å². The van der Waals surface area contributed by atoms with E-state index in [0.717, 1.165) is 6.07 Å². The summed E-state index contributed by atoms with van der Waals surface area (Å²) in [7, 11) is 0. The molecule has 0 aromatic heterocycles. The van der Waals surface area contributed by atoms with E-state index in [1.54, 1.807) is 0 Å². The fraction of sp³-hybridized carbons (Fsp3) is 0.0769. The van der Waals surface area contributed by atoms with E-state index in [0.29, 0.717) is 0 Å². The third kappa shape index (κ3) is 2.75. The second kappa shape index (κ2) is 5.71. The van der Waals surface area contributed by atoms with Gasteiger partial charge in [-0.25, -0.2) is 8.78 Å². The van der Waals surface area contributed by atoms with Crippen LogP contribution in [0.25, 0.3) is 0 Å². The van der Waals surface area contributed by atoms with Crippen molar-refractivity contribution >= 4 is 22.7 Å². The lowest BCUT2D eigenvalue weighted by Gasteiger charge is -2.12. The van der Waals surface area contributed by atoms with E-state index in [-0.39, 0.29) is 16.9 Å². The predicted molar refractivity (Wildman–Crippen MR) is 75.3 cm³/mol. The number of rotatable bonds is 4. The Morgan fingerprint density at radius 2 is 1.86 bits per heavy atom. The van der Waals surface area contributed by atoms with Gasteiger partial charge in [-0.3, -0.25) is 16.0 Å². The Labute approximate surface area is 118 Å². The minimum Gasteiger partial charge on any atom is -0.345 e. The molecular formula is C13H12F2N4O2. The lowest BCUT2D eigenvalue weighted by atomic mass is 10.1. The Morgan fingerprint density at radius 1 is 1.19 bits per heavy atom. The van der Waals surface area contributed by atoms with Crippen LogP contribution < -0.4 is 16.6 Å². The molecule has 0 saturated carbocycles. The van der Waals surface area contributed by atoms with Gasteiger partial charge in [-0.1, -0.05) is 12.1 Å². The zero-order valence-corrected chi connectivity index (χ0v) is 11.0. The molecule has 110 valence electrons. The Hall–Kier alpha value is -2.74. The molecule has 0 spiro atoms. The van der Waals surface area contributed by atoms with E-state index >= 15 is 0 Å². The average Bonchev–Trinajstić information content (AvgIpc) is 2.47. The molecule has 0 amide bonds. The lowest BCUT2D eigenvalue weighted by molar-refractivity contribution is -0.383. The van der Waals surface area contributed by atoms with Gasteiger partial charge in [0.05, 0.1) is 4.92 Å². The molecule has 6 nitrogen and oxygen atoms in total. The van der Waals surface area contributed by atoms with Crippen molar-refractivity contribution in [1.82, 2.24) is 0 Å². The van der Waals surface area contributed by atoms with E-state index < -0.39 is 27.9 Å². The van der Waals surface area contributed by atoms with Crippen LogP contribution in [-0.4, -0.2) is 4.92 Å². The largest absolute Gasteiger partial charge is 0.345 e. The maximum absolute atomic E-state index is 14.0. The topological polar surface area (TPSA) is 93.2 Å². The number of nitrogens with zero attached hydrogens (tertiary/aromatic N) is 1. The minimum atomic E-state index is -0.849. The number of nitrogen functional groups attached to an aromatic ring is 1. The SMILES string of the molecule is Cc1ccc(F)c(Nc2cccc(NN)c2[N+](=O)[O-])c1F. The molecular weight excluding hydrogens is 282 g/mol. The molecule has 8 heteroatoms. The number of anilines is 3. The summed E-state index contributed by atoms with van der Waals surface area (Å²) in [6.45, 7) is 1.46. The maximum Gasteiger partial charge on any atom is 0.316 e. The fourth-order valence-electron chi connectivity index (χ4n) is 1.86. The maximum atomic E-state index is 14.0. The van der Waals surface area contributed by atoms with Crippen LogP contribution in [0, 0.1) is 28.7 Å². The van der Waals surface area contributed by atoms with Crippen LogP contribution in [0.5, 0.6) is 0 Å². The van der Waals surface area contributed by atoms with E-state index in [4.69, 9.17) is 5.84 Å². The van der Waals surface area contributed by atoms with E-state index in [2.05, 4.69) is 10.7 Å². The Morgan fingerprint density at radius 3 is 2.48 bits per heavy atom. The molecule has 0 atom stereocenters. The van der Waals surface area contributed by atoms with Crippen LogP contribution >= 0.6 is 0 Å². The highest BCUT2D eigenvalue weighted by atomic mass is 19.1. The predicted octanol–water partition coefficient (Wildman–Crippen LogP) is 3.21. The number of benzene rings is 2. The lowest BCUT2D eigenvalue weighted by Crippen LogP contribution is -2.10. The average molecular weight is 294 g/mol. The fourth-order valence-corrected chi connectivity index (χ4v) is 1.86. The van der Waals surface area contributed by atoms with Gasteiger partial charge in [-0.05, 0) is 30.7 Å². The summed E-state index contributed by atoms with van der Waals surface area (Å²) in [4.78, 5) is 10.4. The molecule has 2 aromatic carbocycles. The number of hydrazine groups is 1. The summed E-state index contributed by atoms with van der Waals surface area (Å²) < 4.78 is 27.7. The summed E-state index contributed by atoms with van der Waals surface area (Å²) in [6, 6.07) is 6.54. The number of hydrogen-bond acceptors (Lipinski definition) is 5. The normalized spacial score (nSPS) is 10.3. The van der Waals surface area contributed by atoms with E-state index in [1.807, 2.05) is 0 Å². The molecule has 2 rings (SSSR count). The Bertz CT molecular complexity index is 707. The molecule has 4 N–H and O–H groups in total. The molecule has 0 aliphatic carbocycles. The summed E-state index contributed by atoms with van der Waals surface area (Å²) in [5.41, 5.74) is 1.49. The van der Waals surface area contributed by atoms with Crippen molar-refractivity contribution in [3.63, 3.8) is 0 Å². The standard InChI is InChI=1S/C13H12F2N4O2/c1-7-5-6-8(14)12(11(7)15)17-9-3-2-4-10(18-16)13(9)19(20)21/h2-6,17-18H,16H2,1H3. The third-order valence-corrected chi connectivity index (χ3v) is 2.92. The number of nitrogens with two attached hydrogens (primary N) is 1. The van der Waals surface area contributed by atoms with Crippen molar-refractivity contribution in [3.05, 3.63) is 57.6 Å². The first-order valence-electron chi connectivity index (χ1n) is 5.91. The van der Waals surface area contributed by atoms with Gasteiger partial charge >= 0.3 is 5.69 Å². The summed E-state index contributed by atoms with van der Waals surface area (Å²) in [5, 5.41) is 13.5. The highest BCUT2D eigenvalue weighted by Crippen LogP contribution is 2.35. The molecule has 0 fully saturated rings. The number of halogens is 2. The smallest absolute Gasteiger partial charge is 0.316 e. The summed E-state index contributed by atoms with van der Waals surface area (Å²) in [5.74, 6) is 3.55. The summed E-state index contributed by atoms with van der Waals surface area (Å²) in [6.07, 6.45) is 0. The van der Waals surface area contributed by atoms with E-state index in [9.17, 15) is 18.9 Å². The van der Waals surface area contributed by atoms with Gasteiger partial charge in [-0.15, -0.1) is 0 Å². The quantitative estimate of drug-likeness (QED) is 0.457. The molecule has 0 aliphatic heterocycles. The number of nitro benzene ring substituents is 1. The highest BCUT2D eigenvalue weighted by molar-refractivity contribution is 5.79.